The Morgan fingerprint density at radius 2 is 1.68 bits per heavy atom. The summed E-state index contributed by atoms with van der Waals surface area (Å²) in [4.78, 5) is 24.9. The van der Waals surface area contributed by atoms with Crippen LogP contribution in [0.25, 0.3) is 0 Å². The number of carbonyl (C=O) groups excluding carboxylic acids is 2. The highest BCUT2D eigenvalue weighted by Crippen LogP contribution is 2.16. The Hall–Kier alpha value is -2.82. The molecule has 0 unspecified atom stereocenters. The van der Waals surface area contributed by atoms with E-state index in [0.29, 0.717) is 17.8 Å². The Kier molecular flexibility index (Phi) is 5.14. The van der Waals surface area contributed by atoms with Crippen molar-refractivity contribution in [3.8, 4) is 0 Å². The van der Waals surface area contributed by atoms with Gasteiger partial charge in [-0.25, -0.2) is 4.79 Å². The van der Waals surface area contributed by atoms with Crippen LogP contribution in [0, 0.1) is 0 Å². The predicted octanol–water partition coefficient (Wildman–Crippen LogP) is 2.38. The Morgan fingerprint density at radius 1 is 1.05 bits per heavy atom. The van der Waals surface area contributed by atoms with Crippen LogP contribution in [0.3, 0.4) is 0 Å². The topological polar surface area (TPSA) is 75.4 Å². The van der Waals surface area contributed by atoms with Crippen molar-refractivity contribution in [3.05, 3.63) is 65.7 Å². The summed E-state index contributed by atoms with van der Waals surface area (Å²) in [6.07, 6.45) is 0.0961. The first kappa shape index (κ1) is 15.6. The molecule has 2 aromatic rings. The first-order valence-electron chi connectivity index (χ1n) is 6.98. The average Bonchev–Trinajstić information content (AvgIpc) is 2.49. The maximum absolute atomic E-state index is 12.3. The van der Waals surface area contributed by atoms with E-state index in [1.165, 1.54) is 0 Å². The highest BCUT2D eigenvalue weighted by atomic mass is 16.2. The molecule has 22 heavy (non-hydrogen) atoms. The van der Waals surface area contributed by atoms with Gasteiger partial charge in [0.1, 0.15) is 0 Å². The molecule has 0 aliphatic rings. The van der Waals surface area contributed by atoms with E-state index in [1.807, 2.05) is 36.4 Å². The third-order valence-corrected chi connectivity index (χ3v) is 3.23. The summed E-state index contributed by atoms with van der Waals surface area (Å²) in [6, 6.07) is 16.6. The summed E-state index contributed by atoms with van der Waals surface area (Å²) >= 11 is 0. The molecule has 0 radical (unpaired) electrons. The van der Waals surface area contributed by atoms with Crippen molar-refractivity contribution in [2.45, 2.75) is 13.0 Å². The van der Waals surface area contributed by atoms with E-state index in [4.69, 9.17) is 5.73 Å². The highest BCUT2D eigenvalue weighted by Gasteiger charge is 2.12. The van der Waals surface area contributed by atoms with Crippen molar-refractivity contribution in [1.82, 2.24) is 4.90 Å². The summed E-state index contributed by atoms with van der Waals surface area (Å²) in [6.45, 7) is 0.505. The second kappa shape index (κ2) is 7.26. The van der Waals surface area contributed by atoms with Crippen molar-refractivity contribution in [3.63, 3.8) is 0 Å². The Balaban J connectivity index is 2.04. The zero-order chi connectivity index (χ0) is 15.9. The molecule has 0 aromatic heterocycles. The third kappa shape index (κ3) is 4.34. The smallest absolute Gasteiger partial charge is 0.321 e. The average molecular weight is 297 g/mol. The van der Waals surface area contributed by atoms with Gasteiger partial charge in [0.05, 0.1) is 6.42 Å². The number of nitrogens with two attached hydrogens (primary N) is 1. The second-order valence-electron chi connectivity index (χ2n) is 5.07. The van der Waals surface area contributed by atoms with Crippen LogP contribution in [-0.4, -0.2) is 23.9 Å². The van der Waals surface area contributed by atoms with Gasteiger partial charge in [0.25, 0.3) is 0 Å². The number of benzene rings is 2. The molecule has 0 atom stereocenters. The lowest BCUT2D eigenvalue weighted by molar-refractivity contribution is -0.117. The van der Waals surface area contributed by atoms with Crippen molar-refractivity contribution in [2.75, 3.05) is 12.4 Å². The van der Waals surface area contributed by atoms with Crippen LogP contribution < -0.4 is 11.1 Å². The minimum absolute atomic E-state index is 0.0961. The minimum Gasteiger partial charge on any atom is -0.369 e. The fraction of sp³-hybridized carbons (Fsp3) is 0.176. The fourth-order valence-electron chi connectivity index (χ4n) is 2.12. The lowest BCUT2D eigenvalue weighted by Crippen LogP contribution is -2.31. The van der Waals surface area contributed by atoms with Crippen LogP contribution in [0.15, 0.2) is 54.6 Å². The third-order valence-electron chi connectivity index (χ3n) is 3.23. The van der Waals surface area contributed by atoms with Gasteiger partial charge < -0.3 is 16.0 Å². The molecule has 5 nitrogen and oxygen atoms in total. The molecule has 0 aliphatic carbocycles. The SMILES string of the molecule is CN(Cc1ccccc1)C(=O)Nc1ccccc1CC(N)=O. The molecule has 0 aliphatic heterocycles. The standard InChI is InChI=1S/C17H19N3O2/c1-20(12-13-7-3-2-4-8-13)17(22)19-15-10-6-5-9-14(15)11-16(18)21/h2-10H,11-12H2,1H3,(H2,18,21)(H,19,22). The molecule has 2 aromatic carbocycles. The van der Waals surface area contributed by atoms with Crippen LogP contribution in [-0.2, 0) is 17.8 Å². The Bertz CT molecular complexity index is 656. The summed E-state index contributed by atoms with van der Waals surface area (Å²) < 4.78 is 0. The van der Waals surface area contributed by atoms with E-state index >= 15 is 0 Å². The summed E-state index contributed by atoms with van der Waals surface area (Å²) in [5.41, 5.74) is 7.58. The monoisotopic (exact) mass is 297 g/mol. The van der Waals surface area contributed by atoms with E-state index in [9.17, 15) is 9.59 Å². The lowest BCUT2D eigenvalue weighted by Gasteiger charge is -2.19. The number of para-hydroxylation sites is 1. The Labute approximate surface area is 129 Å². The maximum atomic E-state index is 12.3. The number of hydrogen-bond acceptors (Lipinski definition) is 2. The van der Waals surface area contributed by atoms with Crippen molar-refractivity contribution < 1.29 is 9.59 Å². The number of amides is 3. The van der Waals surface area contributed by atoms with Gasteiger partial charge >= 0.3 is 6.03 Å². The van der Waals surface area contributed by atoms with E-state index in [2.05, 4.69) is 5.32 Å². The molecule has 0 saturated carbocycles. The van der Waals surface area contributed by atoms with E-state index in [1.54, 1.807) is 30.1 Å². The first-order chi connectivity index (χ1) is 10.6. The van der Waals surface area contributed by atoms with Gasteiger partial charge in [-0.2, -0.15) is 0 Å². The zero-order valence-corrected chi connectivity index (χ0v) is 12.5. The van der Waals surface area contributed by atoms with E-state index in [-0.39, 0.29) is 12.5 Å². The van der Waals surface area contributed by atoms with E-state index < -0.39 is 5.91 Å². The summed E-state index contributed by atoms with van der Waals surface area (Å²) in [5, 5.41) is 2.82. The van der Waals surface area contributed by atoms with Crippen LogP contribution in [0.2, 0.25) is 0 Å². The van der Waals surface area contributed by atoms with Gasteiger partial charge in [-0.1, -0.05) is 48.5 Å². The number of hydrogen-bond donors (Lipinski definition) is 2. The number of urea groups is 1. The number of anilines is 1. The highest BCUT2D eigenvalue weighted by molar-refractivity contribution is 5.91. The first-order valence-corrected chi connectivity index (χ1v) is 6.98. The predicted molar refractivity (Wildman–Crippen MR) is 86.3 cm³/mol. The van der Waals surface area contributed by atoms with Crippen molar-refractivity contribution in [1.29, 1.82) is 0 Å². The molecule has 5 heteroatoms. The molecule has 0 bridgehead atoms. The number of rotatable bonds is 5. The molecule has 0 spiro atoms. The second-order valence-corrected chi connectivity index (χ2v) is 5.07. The molecule has 2 rings (SSSR count). The van der Waals surface area contributed by atoms with Gasteiger partial charge in [0, 0.05) is 19.3 Å². The van der Waals surface area contributed by atoms with Crippen molar-refractivity contribution in [2.24, 2.45) is 5.73 Å². The molecule has 114 valence electrons. The number of primary amides is 1. The molecular formula is C17H19N3O2. The largest absolute Gasteiger partial charge is 0.369 e. The quantitative estimate of drug-likeness (QED) is 0.889. The van der Waals surface area contributed by atoms with Gasteiger partial charge in [0.2, 0.25) is 5.91 Å². The number of nitrogens with zero attached hydrogens (tertiary/aromatic N) is 1. The minimum atomic E-state index is -0.431. The summed E-state index contributed by atoms with van der Waals surface area (Å²) in [5.74, 6) is -0.431. The molecule has 3 amide bonds. The van der Waals surface area contributed by atoms with Gasteiger partial charge in [-0.15, -0.1) is 0 Å². The summed E-state index contributed by atoms with van der Waals surface area (Å²) in [7, 11) is 1.72. The van der Waals surface area contributed by atoms with Crippen LogP contribution in [0.4, 0.5) is 10.5 Å². The molecule has 0 heterocycles. The fourth-order valence-corrected chi connectivity index (χ4v) is 2.12. The van der Waals surface area contributed by atoms with E-state index in [0.717, 1.165) is 5.56 Å². The van der Waals surface area contributed by atoms with Gasteiger partial charge in [0.15, 0.2) is 0 Å². The van der Waals surface area contributed by atoms with Crippen LogP contribution in [0.5, 0.6) is 0 Å². The lowest BCUT2D eigenvalue weighted by atomic mass is 10.1. The van der Waals surface area contributed by atoms with Gasteiger partial charge in [-0.05, 0) is 17.2 Å². The number of carbonyl (C=O) groups is 2. The normalized spacial score (nSPS) is 10.0. The van der Waals surface area contributed by atoms with Crippen LogP contribution >= 0.6 is 0 Å². The number of nitrogens with one attached hydrogen (secondary N) is 1. The maximum Gasteiger partial charge on any atom is 0.321 e. The molecular weight excluding hydrogens is 278 g/mol. The van der Waals surface area contributed by atoms with Gasteiger partial charge in [-0.3, -0.25) is 4.79 Å². The Morgan fingerprint density at radius 3 is 2.36 bits per heavy atom. The molecule has 3 N–H and O–H groups in total. The molecule has 0 saturated heterocycles. The zero-order valence-electron chi connectivity index (χ0n) is 12.5. The van der Waals surface area contributed by atoms with Crippen molar-refractivity contribution >= 4 is 17.6 Å². The van der Waals surface area contributed by atoms with Crippen LogP contribution in [0.1, 0.15) is 11.1 Å². The molecule has 0 fully saturated rings.